The smallest absolute Gasteiger partial charge is 0.259 e. The van der Waals surface area contributed by atoms with Crippen LogP contribution in [0.3, 0.4) is 0 Å². The van der Waals surface area contributed by atoms with E-state index in [2.05, 4.69) is 4.98 Å². The molecule has 2 aromatic carbocycles. The van der Waals surface area contributed by atoms with Crippen LogP contribution in [0.5, 0.6) is 23.0 Å². The fourth-order valence-corrected chi connectivity index (χ4v) is 4.57. The molecule has 0 radical (unpaired) electrons. The molecule has 1 unspecified atom stereocenters. The third-order valence-electron chi connectivity index (χ3n) is 6.41. The fraction of sp³-hybridized carbons (Fsp3) is 0.407. The number of hydrogen-bond donors (Lipinski definition) is 1. The summed E-state index contributed by atoms with van der Waals surface area (Å²) in [6, 6.07) is 7.17. The summed E-state index contributed by atoms with van der Waals surface area (Å²) in [6.45, 7) is 6.38. The molecule has 1 aliphatic heterocycles. The highest BCUT2D eigenvalue weighted by Gasteiger charge is 2.23. The Morgan fingerprint density at radius 1 is 1.03 bits per heavy atom. The summed E-state index contributed by atoms with van der Waals surface area (Å²) in [5.74, 6) is 2.18. The summed E-state index contributed by atoms with van der Waals surface area (Å²) in [5, 5.41) is 13.2. The van der Waals surface area contributed by atoms with Gasteiger partial charge in [-0.05, 0) is 46.0 Å². The maximum atomic E-state index is 14.0. The first-order valence-corrected chi connectivity index (χ1v) is 12.0. The van der Waals surface area contributed by atoms with Crippen LogP contribution in [0.4, 0.5) is 0 Å². The molecule has 2 aromatic heterocycles. The second kappa shape index (κ2) is 9.37. The predicted octanol–water partition coefficient (Wildman–Crippen LogP) is 3.47. The van der Waals surface area contributed by atoms with E-state index in [4.69, 9.17) is 23.7 Å². The molecule has 1 N–H and O–H groups in total. The van der Waals surface area contributed by atoms with Gasteiger partial charge in [0.1, 0.15) is 0 Å². The van der Waals surface area contributed by atoms with E-state index in [1.165, 1.54) is 7.11 Å². The summed E-state index contributed by atoms with van der Waals surface area (Å²) < 4.78 is 29.5. The Morgan fingerprint density at radius 2 is 1.68 bits per heavy atom. The molecule has 0 bridgehead atoms. The molecule has 10 heteroatoms. The van der Waals surface area contributed by atoms with Crippen LogP contribution >= 0.6 is 0 Å². The van der Waals surface area contributed by atoms with Crippen molar-refractivity contribution in [2.24, 2.45) is 0 Å². The standard InChI is InChI=1S/C27H31N3O7/c1-27(2,3)37-26(32)29(4)7-8-30-24-17-11-22-23(36-14-35-22)12-19(17)28-13-18(24)15-9-20(33-5)21(34-6)10-16(15)25(30)31/h9-13,26,32H,7-8,14H2,1-6H3. The molecule has 196 valence electrons. The van der Waals surface area contributed by atoms with Crippen molar-refractivity contribution in [3.63, 3.8) is 0 Å². The van der Waals surface area contributed by atoms with Gasteiger partial charge in [-0.25, -0.2) is 0 Å². The second-order valence-electron chi connectivity index (χ2n) is 9.99. The van der Waals surface area contributed by atoms with Crippen LogP contribution < -0.4 is 24.5 Å². The quantitative estimate of drug-likeness (QED) is 0.296. The van der Waals surface area contributed by atoms with Gasteiger partial charge in [-0.3, -0.25) is 14.7 Å². The van der Waals surface area contributed by atoms with Gasteiger partial charge in [0.15, 0.2) is 23.0 Å². The topological polar surface area (TPSA) is 105 Å². The molecule has 4 aromatic rings. The maximum Gasteiger partial charge on any atom is 0.259 e. The molecule has 0 fully saturated rings. The van der Waals surface area contributed by atoms with Crippen LogP contribution in [0.25, 0.3) is 32.6 Å². The average Bonchev–Trinajstić information content (AvgIpc) is 3.32. The Balaban J connectivity index is 1.73. The fourth-order valence-electron chi connectivity index (χ4n) is 4.57. The molecular formula is C27H31N3O7. The lowest BCUT2D eigenvalue weighted by Gasteiger charge is -2.30. The van der Waals surface area contributed by atoms with Crippen molar-refractivity contribution < 1.29 is 28.8 Å². The molecule has 1 atom stereocenters. The number of aliphatic hydroxyl groups is 1. The van der Waals surface area contributed by atoms with Gasteiger partial charge in [0.25, 0.3) is 5.56 Å². The number of aromatic nitrogens is 2. The Hall–Kier alpha value is -3.60. The number of benzene rings is 2. The van der Waals surface area contributed by atoms with Gasteiger partial charge in [0.2, 0.25) is 13.2 Å². The number of pyridine rings is 2. The third kappa shape index (κ3) is 4.52. The minimum Gasteiger partial charge on any atom is -0.493 e. The van der Waals surface area contributed by atoms with E-state index in [1.54, 1.807) is 42.0 Å². The van der Waals surface area contributed by atoms with Crippen molar-refractivity contribution in [3.8, 4) is 23.0 Å². The zero-order chi connectivity index (χ0) is 26.5. The number of hydrogen-bond acceptors (Lipinski definition) is 9. The Labute approximate surface area is 213 Å². The summed E-state index contributed by atoms with van der Waals surface area (Å²) in [6.07, 6.45) is 0.629. The first kappa shape index (κ1) is 25.1. The van der Waals surface area contributed by atoms with Crippen molar-refractivity contribution in [2.45, 2.75) is 39.3 Å². The van der Waals surface area contributed by atoms with Gasteiger partial charge >= 0.3 is 0 Å². The zero-order valence-electron chi connectivity index (χ0n) is 21.8. The molecule has 0 aliphatic carbocycles. The summed E-state index contributed by atoms with van der Waals surface area (Å²) in [4.78, 5) is 20.3. The number of aliphatic hydroxyl groups excluding tert-OH is 1. The molecule has 0 spiro atoms. The monoisotopic (exact) mass is 509 g/mol. The van der Waals surface area contributed by atoms with Crippen molar-refractivity contribution >= 4 is 32.6 Å². The SMILES string of the molecule is COc1cc2c(=O)n(CCN(C)C(O)OC(C)(C)C)c3c4cc5c(cc4ncc3c2cc1OC)OCO5. The van der Waals surface area contributed by atoms with Crippen LogP contribution in [-0.2, 0) is 11.3 Å². The number of methoxy groups -OCH3 is 2. The van der Waals surface area contributed by atoms with Crippen LogP contribution in [0.15, 0.2) is 35.3 Å². The average molecular weight is 510 g/mol. The highest BCUT2D eigenvalue weighted by atomic mass is 16.7. The lowest BCUT2D eigenvalue weighted by atomic mass is 10.0. The van der Waals surface area contributed by atoms with E-state index in [1.807, 2.05) is 32.9 Å². The number of likely N-dealkylation sites (N-methyl/N-ethyl adjacent to an activating group) is 1. The van der Waals surface area contributed by atoms with E-state index >= 15 is 0 Å². The van der Waals surface area contributed by atoms with E-state index in [9.17, 15) is 9.90 Å². The highest BCUT2D eigenvalue weighted by Crippen LogP contribution is 2.40. The minimum absolute atomic E-state index is 0.132. The van der Waals surface area contributed by atoms with E-state index in [-0.39, 0.29) is 18.9 Å². The second-order valence-corrected chi connectivity index (χ2v) is 9.99. The first-order valence-electron chi connectivity index (χ1n) is 12.0. The number of nitrogens with zero attached hydrogens (tertiary/aromatic N) is 3. The molecule has 10 nitrogen and oxygen atoms in total. The number of ether oxygens (including phenoxy) is 5. The normalized spacial score (nSPS) is 14.2. The summed E-state index contributed by atoms with van der Waals surface area (Å²) in [7, 11) is 4.84. The molecule has 0 saturated carbocycles. The van der Waals surface area contributed by atoms with Crippen molar-refractivity contribution in [2.75, 3.05) is 34.6 Å². The van der Waals surface area contributed by atoms with Gasteiger partial charge < -0.3 is 33.4 Å². The molecule has 1 aliphatic rings. The molecule has 0 amide bonds. The summed E-state index contributed by atoms with van der Waals surface area (Å²) >= 11 is 0. The van der Waals surface area contributed by atoms with E-state index in [0.29, 0.717) is 51.3 Å². The van der Waals surface area contributed by atoms with Crippen molar-refractivity contribution in [1.29, 1.82) is 0 Å². The lowest BCUT2D eigenvalue weighted by Crippen LogP contribution is -2.41. The molecule has 37 heavy (non-hydrogen) atoms. The van der Waals surface area contributed by atoms with Gasteiger partial charge in [0, 0.05) is 41.5 Å². The molecule has 5 rings (SSSR count). The van der Waals surface area contributed by atoms with Gasteiger partial charge in [-0.2, -0.15) is 0 Å². The van der Waals surface area contributed by atoms with Gasteiger partial charge in [0.05, 0.1) is 36.2 Å². The first-order chi connectivity index (χ1) is 17.6. The van der Waals surface area contributed by atoms with Crippen LogP contribution in [0.2, 0.25) is 0 Å². The van der Waals surface area contributed by atoms with E-state index in [0.717, 1.165) is 10.8 Å². The summed E-state index contributed by atoms with van der Waals surface area (Å²) in [5.41, 5.74) is 0.648. The van der Waals surface area contributed by atoms with E-state index < -0.39 is 12.0 Å². The predicted molar refractivity (Wildman–Crippen MR) is 140 cm³/mol. The largest absolute Gasteiger partial charge is 0.493 e. The Bertz CT molecular complexity index is 1560. The van der Waals surface area contributed by atoms with Crippen LogP contribution in [-0.4, -0.2) is 66.2 Å². The zero-order valence-corrected chi connectivity index (χ0v) is 21.8. The van der Waals surface area contributed by atoms with Crippen LogP contribution in [0.1, 0.15) is 20.8 Å². The maximum absolute atomic E-state index is 14.0. The van der Waals surface area contributed by atoms with Crippen molar-refractivity contribution in [3.05, 3.63) is 40.8 Å². The molecule has 0 saturated heterocycles. The molecular weight excluding hydrogens is 478 g/mol. The van der Waals surface area contributed by atoms with Gasteiger partial charge in [-0.15, -0.1) is 0 Å². The van der Waals surface area contributed by atoms with Gasteiger partial charge in [-0.1, -0.05) is 0 Å². The third-order valence-corrected chi connectivity index (χ3v) is 6.41. The number of rotatable bonds is 7. The minimum atomic E-state index is -1.13. The Morgan fingerprint density at radius 3 is 2.32 bits per heavy atom. The highest BCUT2D eigenvalue weighted by molar-refractivity contribution is 6.15. The van der Waals surface area contributed by atoms with Crippen molar-refractivity contribution in [1.82, 2.24) is 14.5 Å². The number of fused-ring (bicyclic) bond motifs is 6. The lowest BCUT2D eigenvalue weighted by molar-refractivity contribution is -0.232. The Kier molecular flexibility index (Phi) is 6.35. The van der Waals surface area contributed by atoms with Crippen LogP contribution in [0, 0.1) is 0 Å². The molecule has 3 heterocycles.